The molecule has 37 heavy (non-hydrogen) atoms. The summed E-state index contributed by atoms with van der Waals surface area (Å²) >= 11 is 18.6. The minimum atomic E-state index is -0.811. The van der Waals surface area contributed by atoms with E-state index in [1.165, 1.54) is 6.92 Å². The molecule has 204 valence electrons. The molecule has 2 aromatic rings. The number of carbonyl (C=O) groups excluding carboxylic acids is 1. The smallest absolute Gasteiger partial charge is 0.303 e. The molecule has 1 N–H and O–H groups in total. The number of benzene rings is 2. The predicted octanol–water partition coefficient (Wildman–Crippen LogP) is 4.94. The number of aliphatic hydroxyl groups is 1. The Morgan fingerprint density at radius 1 is 1.05 bits per heavy atom. The third-order valence-electron chi connectivity index (χ3n) is 6.23. The Labute approximate surface area is 233 Å². The summed E-state index contributed by atoms with van der Waals surface area (Å²) in [6.45, 7) is 9.36. The van der Waals surface area contributed by atoms with Crippen molar-refractivity contribution in [3.63, 3.8) is 0 Å². The molecule has 0 aliphatic carbocycles. The quantitative estimate of drug-likeness (QED) is 0.284. The van der Waals surface area contributed by atoms with Gasteiger partial charge in [-0.2, -0.15) is 0 Å². The first kappa shape index (κ1) is 29.8. The zero-order valence-corrected chi connectivity index (χ0v) is 23.6. The SMILES string of the molecule is CC(=O)O[C@@H](COc1ccc(C(C)(C)c2cc(Cl)c(OC[C@H](O)CCl)c(Cl)c2)cc1)CN1CCOCC1. The third kappa shape index (κ3) is 8.63. The van der Waals surface area contributed by atoms with E-state index in [0.717, 1.165) is 24.2 Å². The minimum Gasteiger partial charge on any atom is -0.490 e. The highest BCUT2D eigenvalue weighted by Gasteiger charge is 2.26. The molecule has 2 atom stereocenters. The zero-order chi connectivity index (χ0) is 27.0. The van der Waals surface area contributed by atoms with Crippen LogP contribution in [0.5, 0.6) is 11.5 Å². The second kappa shape index (κ2) is 13.9. The molecule has 1 heterocycles. The summed E-state index contributed by atoms with van der Waals surface area (Å²) < 4.78 is 22.4. The highest BCUT2D eigenvalue weighted by atomic mass is 35.5. The molecule has 1 fully saturated rings. The molecule has 10 heteroatoms. The van der Waals surface area contributed by atoms with E-state index in [-0.39, 0.29) is 31.2 Å². The molecular formula is C27H34Cl3NO6. The van der Waals surface area contributed by atoms with Crippen LogP contribution in [0.2, 0.25) is 10.0 Å². The molecule has 0 amide bonds. The Hall–Kier alpha value is -1.74. The summed E-state index contributed by atoms with van der Waals surface area (Å²) in [5, 5.41) is 10.4. The fourth-order valence-corrected chi connectivity index (χ4v) is 4.72. The molecule has 0 saturated carbocycles. The molecule has 0 aromatic heterocycles. The van der Waals surface area contributed by atoms with Crippen LogP contribution in [0.3, 0.4) is 0 Å². The van der Waals surface area contributed by atoms with Gasteiger partial charge in [0.25, 0.3) is 0 Å². The second-order valence-electron chi connectivity index (χ2n) is 9.49. The molecule has 2 aromatic carbocycles. The average Bonchev–Trinajstić information content (AvgIpc) is 2.87. The summed E-state index contributed by atoms with van der Waals surface area (Å²) in [5.74, 6) is 0.715. The maximum atomic E-state index is 11.6. The Morgan fingerprint density at radius 2 is 1.68 bits per heavy atom. The van der Waals surface area contributed by atoms with Crippen LogP contribution < -0.4 is 9.47 Å². The number of rotatable bonds is 12. The van der Waals surface area contributed by atoms with Crippen LogP contribution in [0, 0.1) is 0 Å². The van der Waals surface area contributed by atoms with E-state index in [1.54, 1.807) is 0 Å². The van der Waals surface area contributed by atoms with Gasteiger partial charge in [-0.1, -0.05) is 49.2 Å². The largest absolute Gasteiger partial charge is 0.490 e. The fraction of sp³-hybridized carbons (Fsp3) is 0.519. The monoisotopic (exact) mass is 573 g/mol. The number of esters is 1. The minimum absolute atomic E-state index is 0.00208. The summed E-state index contributed by atoms with van der Waals surface area (Å²) in [7, 11) is 0. The number of carbonyl (C=O) groups is 1. The lowest BCUT2D eigenvalue weighted by Crippen LogP contribution is -2.43. The van der Waals surface area contributed by atoms with Crippen molar-refractivity contribution in [1.29, 1.82) is 0 Å². The molecule has 0 bridgehead atoms. The number of hydrogen-bond donors (Lipinski definition) is 1. The number of hydrogen-bond acceptors (Lipinski definition) is 7. The van der Waals surface area contributed by atoms with Crippen LogP contribution in [0.1, 0.15) is 31.9 Å². The van der Waals surface area contributed by atoms with E-state index in [0.29, 0.717) is 41.3 Å². The van der Waals surface area contributed by atoms with Gasteiger partial charge in [-0.15, -0.1) is 11.6 Å². The molecule has 0 unspecified atom stereocenters. The van der Waals surface area contributed by atoms with Gasteiger partial charge in [-0.05, 0) is 35.4 Å². The van der Waals surface area contributed by atoms with Crippen molar-refractivity contribution >= 4 is 40.8 Å². The van der Waals surface area contributed by atoms with E-state index in [2.05, 4.69) is 18.7 Å². The number of ether oxygens (including phenoxy) is 4. The molecule has 7 nitrogen and oxygen atoms in total. The highest BCUT2D eigenvalue weighted by Crippen LogP contribution is 2.40. The second-order valence-corrected chi connectivity index (χ2v) is 10.6. The van der Waals surface area contributed by atoms with Crippen molar-refractivity contribution < 1.29 is 28.8 Å². The van der Waals surface area contributed by atoms with E-state index in [1.807, 2.05) is 36.4 Å². The Balaban J connectivity index is 1.66. The first-order valence-electron chi connectivity index (χ1n) is 12.2. The van der Waals surface area contributed by atoms with E-state index in [9.17, 15) is 9.90 Å². The number of aliphatic hydroxyl groups excluding tert-OH is 1. The van der Waals surface area contributed by atoms with Crippen molar-refractivity contribution in [2.24, 2.45) is 0 Å². The zero-order valence-electron chi connectivity index (χ0n) is 21.3. The molecule has 1 saturated heterocycles. The summed E-state index contributed by atoms with van der Waals surface area (Å²) in [4.78, 5) is 13.8. The van der Waals surface area contributed by atoms with Crippen molar-refractivity contribution in [3.05, 3.63) is 57.6 Å². The topological polar surface area (TPSA) is 77.5 Å². The lowest BCUT2D eigenvalue weighted by molar-refractivity contribution is -0.149. The van der Waals surface area contributed by atoms with Gasteiger partial charge in [-0.3, -0.25) is 9.69 Å². The van der Waals surface area contributed by atoms with Crippen molar-refractivity contribution in [1.82, 2.24) is 4.90 Å². The third-order valence-corrected chi connectivity index (χ3v) is 7.15. The number of morpholine rings is 1. The highest BCUT2D eigenvalue weighted by molar-refractivity contribution is 6.37. The molecule has 0 radical (unpaired) electrons. The van der Waals surface area contributed by atoms with Crippen LogP contribution >= 0.6 is 34.8 Å². The number of alkyl halides is 1. The standard InChI is InChI=1S/C27H34Cl3NO6/c1-18(32)37-23(15-31-8-10-34-11-9-31)17-35-22-6-4-19(5-7-22)27(2,3)20-12-24(29)26(25(30)13-20)36-16-21(33)14-28/h4-7,12-13,21,23,33H,8-11,14-17H2,1-3H3/t21-,23-/m1/s1. The van der Waals surface area contributed by atoms with Crippen molar-refractivity contribution in [3.8, 4) is 11.5 Å². The number of nitrogens with zero attached hydrogens (tertiary/aromatic N) is 1. The van der Waals surface area contributed by atoms with E-state index >= 15 is 0 Å². The van der Waals surface area contributed by atoms with Gasteiger partial charge >= 0.3 is 5.97 Å². The maximum Gasteiger partial charge on any atom is 0.303 e. The van der Waals surface area contributed by atoms with E-state index < -0.39 is 11.5 Å². The fourth-order valence-electron chi connectivity index (χ4n) is 4.04. The lowest BCUT2D eigenvalue weighted by Gasteiger charge is -2.30. The normalized spacial score (nSPS) is 16.2. The van der Waals surface area contributed by atoms with Gasteiger partial charge in [0.2, 0.25) is 0 Å². The van der Waals surface area contributed by atoms with Crippen molar-refractivity contribution in [2.75, 3.05) is 51.9 Å². The van der Waals surface area contributed by atoms with E-state index in [4.69, 9.17) is 53.8 Å². The van der Waals surface area contributed by atoms with Crippen molar-refractivity contribution in [2.45, 2.75) is 38.4 Å². The molecule has 0 spiro atoms. The van der Waals surface area contributed by atoms with Crippen LogP contribution in [0.4, 0.5) is 0 Å². The molecule has 3 rings (SSSR count). The first-order chi connectivity index (χ1) is 17.6. The Kier molecular flexibility index (Phi) is 11.2. The summed E-state index contributed by atoms with van der Waals surface area (Å²) in [6.07, 6.45) is -1.18. The summed E-state index contributed by atoms with van der Waals surface area (Å²) in [5.41, 5.74) is 1.52. The van der Waals surface area contributed by atoms with Gasteiger partial charge in [0.15, 0.2) is 5.75 Å². The van der Waals surface area contributed by atoms with Gasteiger partial charge in [0, 0.05) is 32.0 Å². The predicted molar refractivity (Wildman–Crippen MR) is 146 cm³/mol. The summed E-state index contributed by atoms with van der Waals surface area (Å²) in [6, 6.07) is 11.4. The average molecular weight is 575 g/mol. The lowest BCUT2D eigenvalue weighted by atomic mass is 9.78. The first-order valence-corrected chi connectivity index (χ1v) is 13.5. The van der Waals surface area contributed by atoms with Crippen LogP contribution in [-0.4, -0.2) is 80.1 Å². The van der Waals surface area contributed by atoms with Gasteiger partial charge < -0.3 is 24.1 Å². The molecule has 1 aliphatic heterocycles. The number of halogens is 3. The van der Waals surface area contributed by atoms with Crippen LogP contribution in [0.15, 0.2) is 36.4 Å². The van der Waals surface area contributed by atoms with Crippen LogP contribution in [-0.2, 0) is 19.7 Å². The Morgan fingerprint density at radius 3 is 2.24 bits per heavy atom. The Bertz CT molecular complexity index is 1000. The maximum absolute atomic E-state index is 11.6. The molecular weight excluding hydrogens is 541 g/mol. The van der Waals surface area contributed by atoms with Crippen LogP contribution in [0.25, 0.3) is 0 Å². The molecule has 1 aliphatic rings. The van der Waals surface area contributed by atoms with Gasteiger partial charge in [0.05, 0.1) is 29.1 Å². The van der Waals surface area contributed by atoms with Gasteiger partial charge in [-0.25, -0.2) is 0 Å². The van der Waals surface area contributed by atoms with Gasteiger partial charge in [0.1, 0.15) is 31.2 Å².